The van der Waals surface area contributed by atoms with Gasteiger partial charge < -0.3 is 9.15 Å². The van der Waals surface area contributed by atoms with Gasteiger partial charge in [-0.25, -0.2) is 9.97 Å². The molecule has 3 heterocycles. The fraction of sp³-hybridized carbons (Fsp3) is 0.200. The van der Waals surface area contributed by atoms with Crippen LogP contribution < -0.4 is 5.56 Å². The summed E-state index contributed by atoms with van der Waals surface area (Å²) in [5.74, 6) is 1.23. The Morgan fingerprint density at radius 2 is 2.07 bits per heavy atom. The predicted octanol–water partition coefficient (Wildman–Crippen LogP) is 3.89. The number of para-hydroxylation sites is 1. The van der Waals surface area contributed by atoms with Crippen LogP contribution in [0, 0.1) is 6.92 Å². The van der Waals surface area contributed by atoms with E-state index in [9.17, 15) is 9.59 Å². The standard InChI is InChI=1S/C20H17N3O4S2/c1-12-15(21-18(27-12)16-8-5-9-28-16)11-29-20-22-14-7-4-3-6-13(14)19(25)23(20)10-17(24)26-2/h3-9H,10-11H2,1-2H3. The number of benzene rings is 1. The summed E-state index contributed by atoms with van der Waals surface area (Å²) in [5.41, 5.74) is 1.07. The summed E-state index contributed by atoms with van der Waals surface area (Å²) in [7, 11) is 1.29. The van der Waals surface area contributed by atoms with Gasteiger partial charge in [-0.1, -0.05) is 30.0 Å². The maximum absolute atomic E-state index is 12.9. The van der Waals surface area contributed by atoms with Crippen molar-refractivity contribution in [2.24, 2.45) is 0 Å². The lowest BCUT2D eigenvalue weighted by atomic mass is 10.2. The minimum absolute atomic E-state index is 0.201. The molecule has 9 heteroatoms. The summed E-state index contributed by atoms with van der Waals surface area (Å²) in [6, 6.07) is 11.0. The summed E-state index contributed by atoms with van der Waals surface area (Å²) < 4.78 is 11.9. The molecular formula is C20H17N3O4S2. The van der Waals surface area contributed by atoms with Crippen LogP contribution in [0.25, 0.3) is 21.7 Å². The Balaban J connectivity index is 1.67. The molecule has 0 saturated carbocycles. The van der Waals surface area contributed by atoms with Crippen LogP contribution in [0.4, 0.5) is 0 Å². The van der Waals surface area contributed by atoms with Gasteiger partial charge in [0.25, 0.3) is 5.56 Å². The monoisotopic (exact) mass is 427 g/mol. The Morgan fingerprint density at radius 1 is 1.24 bits per heavy atom. The molecule has 0 aliphatic carbocycles. The van der Waals surface area contributed by atoms with E-state index in [0.717, 1.165) is 10.6 Å². The van der Waals surface area contributed by atoms with Gasteiger partial charge in [0.1, 0.15) is 12.3 Å². The van der Waals surface area contributed by atoms with Crippen LogP contribution in [0.3, 0.4) is 0 Å². The van der Waals surface area contributed by atoms with Crippen LogP contribution in [0.1, 0.15) is 11.5 Å². The van der Waals surface area contributed by atoms with Crippen molar-refractivity contribution in [1.29, 1.82) is 0 Å². The van der Waals surface area contributed by atoms with Gasteiger partial charge in [-0.3, -0.25) is 14.2 Å². The Kier molecular flexibility index (Phi) is 5.50. The molecule has 0 atom stereocenters. The predicted molar refractivity (Wildman–Crippen MR) is 112 cm³/mol. The highest BCUT2D eigenvalue weighted by Gasteiger charge is 2.17. The van der Waals surface area contributed by atoms with E-state index in [0.29, 0.717) is 33.5 Å². The molecule has 0 N–H and O–H groups in total. The first-order chi connectivity index (χ1) is 14.1. The van der Waals surface area contributed by atoms with Crippen LogP contribution in [0.2, 0.25) is 0 Å². The molecule has 7 nitrogen and oxygen atoms in total. The topological polar surface area (TPSA) is 87.2 Å². The minimum atomic E-state index is -0.511. The van der Waals surface area contributed by atoms with Crippen molar-refractivity contribution < 1.29 is 13.9 Å². The number of aryl methyl sites for hydroxylation is 1. The van der Waals surface area contributed by atoms with Gasteiger partial charge in [0.15, 0.2) is 5.16 Å². The van der Waals surface area contributed by atoms with Crippen LogP contribution in [0.15, 0.2) is 56.1 Å². The van der Waals surface area contributed by atoms with Crippen LogP contribution in [-0.4, -0.2) is 27.6 Å². The van der Waals surface area contributed by atoms with E-state index >= 15 is 0 Å². The number of aromatic nitrogens is 3. The number of thiophene rings is 1. The molecule has 0 aliphatic heterocycles. The SMILES string of the molecule is COC(=O)Cn1c(SCc2nc(-c3cccs3)oc2C)nc2ccccc2c1=O. The molecule has 0 spiro atoms. The number of rotatable bonds is 6. The Labute approximate surface area is 174 Å². The van der Waals surface area contributed by atoms with E-state index in [1.807, 2.05) is 30.5 Å². The lowest BCUT2D eigenvalue weighted by Crippen LogP contribution is -2.27. The van der Waals surface area contributed by atoms with Gasteiger partial charge in [0.05, 0.1) is 28.6 Å². The average Bonchev–Trinajstić information content (AvgIpc) is 3.38. The first-order valence-corrected chi connectivity index (χ1v) is 10.6. The van der Waals surface area contributed by atoms with Crippen molar-refractivity contribution in [2.75, 3.05) is 7.11 Å². The number of nitrogens with zero attached hydrogens (tertiary/aromatic N) is 3. The number of esters is 1. The molecule has 148 valence electrons. The van der Waals surface area contributed by atoms with Crippen LogP contribution in [0.5, 0.6) is 0 Å². The Bertz CT molecular complexity index is 1230. The number of methoxy groups -OCH3 is 1. The van der Waals surface area contributed by atoms with Gasteiger partial charge in [-0.05, 0) is 30.5 Å². The highest BCUT2D eigenvalue weighted by molar-refractivity contribution is 7.98. The lowest BCUT2D eigenvalue weighted by Gasteiger charge is -2.11. The molecule has 1 aromatic carbocycles. The van der Waals surface area contributed by atoms with Crippen molar-refractivity contribution in [3.63, 3.8) is 0 Å². The number of carbonyl (C=O) groups is 1. The number of oxazole rings is 1. The molecule has 0 unspecified atom stereocenters. The molecule has 0 saturated heterocycles. The van der Waals surface area contributed by atoms with Crippen molar-refractivity contribution in [1.82, 2.24) is 14.5 Å². The summed E-state index contributed by atoms with van der Waals surface area (Å²) in [4.78, 5) is 34.9. The third kappa shape index (κ3) is 3.96. The van der Waals surface area contributed by atoms with E-state index in [1.165, 1.54) is 23.4 Å². The first-order valence-electron chi connectivity index (χ1n) is 8.76. The molecule has 0 fully saturated rings. The van der Waals surface area contributed by atoms with Crippen molar-refractivity contribution >= 4 is 40.0 Å². The zero-order chi connectivity index (χ0) is 20.4. The van der Waals surface area contributed by atoms with Gasteiger partial charge in [-0.2, -0.15) is 0 Å². The second-order valence-electron chi connectivity index (χ2n) is 6.17. The fourth-order valence-electron chi connectivity index (χ4n) is 2.79. The van der Waals surface area contributed by atoms with Crippen LogP contribution in [-0.2, 0) is 21.8 Å². The van der Waals surface area contributed by atoms with E-state index in [1.54, 1.807) is 29.5 Å². The van der Waals surface area contributed by atoms with Gasteiger partial charge >= 0.3 is 5.97 Å². The van der Waals surface area contributed by atoms with E-state index in [4.69, 9.17) is 9.15 Å². The summed E-state index contributed by atoms with van der Waals surface area (Å²) in [6.07, 6.45) is 0. The van der Waals surface area contributed by atoms with E-state index in [2.05, 4.69) is 9.97 Å². The van der Waals surface area contributed by atoms with Gasteiger partial charge in [0, 0.05) is 5.75 Å². The number of hydrogen-bond donors (Lipinski definition) is 0. The summed E-state index contributed by atoms with van der Waals surface area (Å²) in [6.45, 7) is 1.66. The maximum atomic E-state index is 12.9. The van der Waals surface area contributed by atoms with Gasteiger partial charge in [-0.15, -0.1) is 11.3 Å². The highest BCUT2D eigenvalue weighted by atomic mass is 32.2. The zero-order valence-electron chi connectivity index (χ0n) is 15.7. The van der Waals surface area contributed by atoms with Gasteiger partial charge in [0.2, 0.25) is 5.89 Å². The number of carbonyl (C=O) groups excluding carboxylic acids is 1. The second kappa shape index (κ2) is 8.22. The fourth-order valence-corrected chi connectivity index (χ4v) is 4.44. The van der Waals surface area contributed by atoms with Crippen LogP contribution >= 0.6 is 23.1 Å². The Morgan fingerprint density at radius 3 is 2.83 bits per heavy atom. The maximum Gasteiger partial charge on any atom is 0.325 e. The quantitative estimate of drug-likeness (QED) is 0.262. The number of hydrogen-bond acceptors (Lipinski definition) is 8. The molecule has 0 aliphatic rings. The third-order valence-electron chi connectivity index (χ3n) is 4.30. The zero-order valence-corrected chi connectivity index (χ0v) is 17.4. The van der Waals surface area contributed by atoms with E-state index < -0.39 is 5.97 Å². The molecular weight excluding hydrogens is 410 g/mol. The first kappa shape index (κ1) is 19.4. The number of fused-ring (bicyclic) bond motifs is 1. The number of ether oxygens (including phenoxy) is 1. The smallest absolute Gasteiger partial charge is 0.325 e. The number of thioether (sulfide) groups is 1. The van der Waals surface area contributed by atoms with Crippen molar-refractivity contribution in [3.8, 4) is 10.8 Å². The minimum Gasteiger partial charge on any atom is -0.468 e. The molecule has 3 aromatic heterocycles. The largest absolute Gasteiger partial charge is 0.468 e. The van der Waals surface area contributed by atoms with Crippen molar-refractivity contribution in [2.45, 2.75) is 24.4 Å². The third-order valence-corrected chi connectivity index (χ3v) is 6.15. The molecule has 0 amide bonds. The highest BCUT2D eigenvalue weighted by Crippen LogP contribution is 2.29. The molecule has 29 heavy (non-hydrogen) atoms. The summed E-state index contributed by atoms with van der Waals surface area (Å²) in [5, 5.41) is 2.85. The summed E-state index contributed by atoms with van der Waals surface area (Å²) >= 11 is 2.89. The average molecular weight is 428 g/mol. The normalized spacial score (nSPS) is 11.1. The molecule has 4 rings (SSSR count). The molecule has 0 bridgehead atoms. The second-order valence-corrected chi connectivity index (χ2v) is 8.06. The van der Waals surface area contributed by atoms with E-state index in [-0.39, 0.29) is 12.1 Å². The molecule has 4 aromatic rings. The molecule has 0 radical (unpaired) electrons. The Hall–Kier alpha value is -2.91. The van der Waals surface area contributed by atoms with Crippen molar-refractivity contribution in [3.05, 3.63) is 63.6 Å². The lowest BCUT2D eigenvalue weighted by molar-refractivity contribution is -0.141.